The summed E-state index contributed by atoms with van der Waals surface area (Å²) in [6, 6.07) is 62.7. The molecule has 0 bridgehead atoms. The first-order valence-electron chi connectivity index (χ1n) is 15.7. The lowest BCUT2D eigenvalue weighted by Crippen LogP contribution is -2.12. The van der Waals surface area contributed by atoms with Crippen LogP contribution in [0.15, 0.2) is 180 Å². The van der Waals surface area contributed by atoms with Gasteiger partial charge >= 0.3 is 0 Å². The zero-order chi connectivity index (χ0) is 30.5. The predicted octanol–water partition coefficient (Wildman–Crippen LogP) is 12.7. The van der Waals surface area contributed by atoms with E-state index in [-0.39, 0.29) is 0 Å². The monoisotopic (exact) mass is 587 g/mol. The van der Waals surface area contributed by atoms with Crippen LogP contribution < -0.4 is 4.90 Å². The third-order valence-corrected chi connectivity index (χ3v) is 9.04. The summed E-state index contributed by atoms with van der Waals surface area (Å²) in [6.45, 7) is 0. The third kappa shape index (κ3) is 4.27. The molecule has 0 N–H and O–H groups in total. The highest BCUT2D eigenvalue weighted by atomic mass is 16.3. The van der Waals surface area contributed by atoms with Crippen LogP contribution in [-0.4, -0.2) is 0 Å². The van der Waals surface area contributed by atoms with Crippen molar-refractivity contribution in [3.63, 3.8) is 0 Å². The van der Waals surface area contributed by atoms with Crippen LogP contribution in [0.1, 0.15) is 0 Å². The molecule has 0 amide bonds. The van der Waals surface area contributed by atoms with Crippen molar-refractivity contribution in [3.8, 4) is 22.3 Å². The van der Waals surface area contributed by atoms with Gasteiger partial charge in [-0.1, -0.05) is 146 Å². The Bertz CT molecular complexity index is 2520. The van der Waals surface area contributed by atoms with Crippen LogP contribution in [0.5, 0.6) is 0 Å². The van der Waals surface area contributed by atoms with E-state index in [1.165, 1.54) is 32.8 Å². The van der Waals surface area contributed by atoms with Gasteiger partial charge in [-0.2, -0.15) is 0 Å². The number of rotatable bonds is 5. The largest absolute Gasteiger partial charge is 0.456 e. The second kappa shape index (κ2) is 10.8. The molecular formula is C44H29NO. The Kier molecular flexibility index (Phi) is 6.17. The van der Waals surface area contributed by atoms with E-state index in [2.05, 4.69) is 175 Å². The van der Waals surface area contributed by atoms with Crippen LogP contribution in [0, 0.1) is 0 Å². The highest BCUT2D eigenvalue weighted by Crippen LogP contribution is 2.49. The van der Waals surface area contributed by atoms with Gasteiger partial charge < -0.3 is 9.32 Å². The molecule has 2 heteroatoms. The standard InChI is InChI=1S/C44H29NO/c1-2-13-31(14-3-1)37-19-8-10-23-40(37)45(34-27-25-32(26-28-34)36-22-12-17-30-15-4-6-18-35(30)36)44-38-20-7-5-16-33(38)29-42-43(44)39-21-9-11-24-41(39)46-42/h1-29H. The SMILES string of the molecule is c1ccc(-c2ccccc2N(c2ccc(-c3cccc4ccccc34)cc2)c2c3ccccc3cc3oc4ccccc4c23)cc1. The number of anilines is 3. The third-order valence-electron chi connectivity index (χ3n) is 9.04. The van der Waals surface area contributed by atoms with Gasteiger partial charge in [0.1, 0.15) is 11.2 Å². The molecule has 9 rings (SSSR count). The lowest BCUT2D eigenvalue weighted by molar-refractivity contribution is 0.669. The van der Waals surface area contributed by atoms with Gasteiger partial charge in [0.15, 0.2) is 0 Å². The van der Waals surface area contributed by atoms with Gasteiger partial charge in [-0.3, -0.25) is 0 Å². The van der Waals surface area contributed by atoms with Gasteiger partial charge in [0.2, 0.25) is 0 Å². The summed E-state index contributed by atoms with van der Waals surface area (Å²) in [5.74, 6) is 0. The summed E-state index contributed by atoms with van der Waals surface area (Å²) >= 11 is 0. The van der Waals surface area contributed by atoms with Gasteiger partial charge in [-0.05, 0) is 63.2 Å². The first kappa shape index (κ1) is 26.3. The normalized spacial score (nSPS) is 11.5. The molecule has 0 aliphatic heterocycles. The number of hydrogen-bond acceptors (Lipinski definition) is 2. The van der Waals surface area contributed by atoms with E-state index in [4.69, 9.17) is 4.42 Å². The van der Waals surface area contributed by atoms with Crippen molar-refractivity contribution in [2.45, 2.75) is 0 Å². The lowest BCUT2D eigenvalue weighted by Gasteiger charge is -2.30. The fraction of sp³-hybridized carbons (Fsp3) is 0. The molecule has 0 unspecified atom stereocenters. The van der Waals surface area contributed by atoms with Gasteiger partial charge in [-0.25, -0.2) is 0 Å². The highest BCUT2D eigenvalue weighted by Gasteiger charge is 2.24. The van der Waals surface area contributed by atoms with Crippen molar-refractivity contribution in [3.05, 3.63) is 176 Å². The smallest absolute Gasteiger partial charge is 0.138 e. The molecule has 1 heterocycles. The molecule has 1 aromatic heterocycles. The molecule has 0 saturated heterocycles. The van der Waals surface area contributed by atoms with Crippen molar-refractivity contribution in [1.82, 2.24) is 0 Å². The summed E-state index contributed by atoms with van der Waals surface area (Å²) in [5.41, 5.74) is 9.81. The highest BCUT2D eigenvalue weighted by molar-refractivity contribution is 6.22. The Morgan fingerprint density at radius 3 is 1.85 bits per heavy atom. The Morgan fingerprint density at radius 2 is 1.00 bits per heavy atom. The Labute approximate surface area is 267 Å². The van der Waals surface area contributed by atoms with E-state index in [0.29, 0.717) is 0 Å². The van der Waals surface area contributed by atoms with Crippen LogP contribution in [0.4, 0.5) is 17.1 Å². The van der Waals surface area contributed by atoms with Crippen molar-refractivity contribution in [1.29, 1.82) is 0 Å². The molecule has 46 heavy (non-hydrogen) atoms. The molecule has 0 spiro atoms. The average Bonchev–Trinajstić information content (AvgIpc) is 3.50. The zero-order valence-electron chi connectivity index (χ0n) is 25.1. The van der Waals surface area contributed by atoms with Gasteiger partial charge in [0.25, 0.3) is 0 Å². The number of para-hydroxylation sites is 2. The van der Waals surface area contributed by atoms with Crippen molar-refractivity contribution < 1.29 is 4.42 Å². The number of furan rings is 1. The van der Waals surface area contributed by atoms with Crippen LogP contribution in [-0.2, 0) is 0 Å². The Morgan fingerprint density at radius 1 is 0.391 bits per heavy atom. The summed E-state index contributed by atoms with van der Waals surface area (Å²) in [4.78, 5) is 2.43. The summed E-state index contributed by atoms with van der Waals surface area (Å²) in [5, 5.41) is 7.02. The van der Waals surface area contributed by atoms with Crippen LogP contribution in [0.25, 0.3) is 65.7 Å². The molecule has 8 aromatic carbocycles. The van der Waals surface area contributed by atoms with Crippen LogP contribution in [0.3, 0.4) is 0 Å². The topological polar surface area (TPSA) is 16.4 Å². The van der Waals surface area contributed by atoms with E-state index in [1.807, 2.05) is 6.07 Å². The fourth-order valence-electron chi connectivity index (χ4n) is 6.94. The minimum atomic E-state index is 0.879. The second-order valence-corrected chi connectivity index (χ2v) is 11.7. The summed E-state index contributed by atoms with van der Waals surface area (Å²) in [6.07, 6.45) is 0. The maximum atomic E-state index is 6.53. The molecule has 0 atom stereocenters. The molecule has 0 radical (unpaired) electrons. The van der Waals surface area contributed by atoms with Gasteiger partial charge in [0, 0.05) is 22.0 Å². The maximum absolute atomic E-state index is 6.53. The van der Waals surface area contributed by atoms with Crippen LogP contribution in [0.2, 0.25) is 0 Å². The number of benzene rings is 8. The van der Waals surface area contributed by atoms with E-state index in [9.17, 15) is 0 Å². The zero-order valence-corrected chi connectivity index (χ0v) is 25.1. The minimum absolute atomic E-state index is 0.879. The predicted molar refractivity (Wildman–Crippen MR) is 194 cm³/mol. The number of fused-ring (bicyclic) bond motifs is 5. The molecule has 0 aliphatic carbocycles. The Hall–Kier alpha value is -6.12. The molecular weight excluding hydrogens is 558 g/mol. The van der Waals surface area contributed by atoms with Crippen LogP contribution >= 0.6 is 0 Å². The molecule has 216 valence electrons. The van der Waals surface area contributed by atoms with Gasteiger partial charge in [0.05, 0.1) is 16.8 Å². The van der Waals surface area contributed by atoms with Crippen molar-refractivity contribution >= 4 is 60.5 Å². The molecule has 0 fully saturated rings. The first-order chi connectivity index (χ1) is 22.8. The van der Waals surface area contributed by atoms with Crippen molar-refractivity contribution in [2.24, 2.45) is 0 Å². The van der Waals surface area contributed by atoms with E-state index >= 15 is 0 Å². The fourth-order valence-corrected chi connectivity index (χ4v) is 6.94. The van der Waals surface area contributed by atoms with E-state index in [0.717, 1.165) is 50.0 Å². The quantitative estimate of drug-likeness (QED) is 0.199. The number of hydrogen-bond donors (Lipinski definition) is 0. The minimum Gasteiger partial charge on any atom is -0.456 e. The molecule has 0 aliphatic rings. The average molecular weight is 588 g/mol. The maximum Gasteiger partial charge on any atom is 0.138 e. The summed E-state index contributed by atoms with van der Waals surface area (Å²) in [7, 11) is 0. The summed E-state index contributed by atoms with van der Waals surface area (Å²) < 4.78 is 6.53. The molecule has 2 nitrogen and oxygen atoms in total. The van der Waals surface area contributed by atoms with Gasteiger partial charge in [-0.15, -0.1) is 0 Å². The molecule has 0 saturated carbocycles. The number of nitrogens with zero attached hydrogens (tertiary/aromatic N) is 1. The van der Waals surface area contributed by atoms with E-state index in [1.54, 1.807) is 0 Å². The second-order valence-electron chi connectivity index (χ2n) is 11.7. The van der Waals surface area contributed by atoms with Crippen molar-refractivity contribution in [2.75, 3.05) is 4.90 Å². The lowest BCUT2D eigenvalue weighted by atomic mass is 9.96. The molecule has 9 aromatic rings. The van der Waals surface area contributed by atoms with E-state index < -0.39 is 0 Å². The Balaban J connectivity index is 1.35. The first-order valence-corrected chi connectivity index (χ1v) is 15.7.